The van der Waals surface area contributed by atoms with Crippen molar-refractivity contribution in [2.24, 2.45) is 5.92 Å². The van der Waals surface area contributed by atoms with Crippen LogP contribution in [0.4, 0.5) is 11.4 Å². The summed E-state index contributed by atoms with van der Waals surface area (Å²) < 4.78 is 1.42. The Bertz CT molecular complexity index is 1310. The SMILES string of the molecule is CC1(C)c2sc(=O)n(CC(=O)Nc3ccccc3)c2SC2C(=O)N(c3ccccc3)C(=O)C21. The molecule has 2 aromatic carbocycles. The van der Waals surface area contributed by atoms with Crippen molar-refractivity contribution in [1.29, 1.82) is 0 Å². The molecule has 9 heteroatoms. The predicted molar refractivity (Wildman–Crippen MR) is 129 cm³/mol. The number of nitrogens with one attached hydrogen (secondary N) is 1. The third-order valence-electron chi connectivity index (χ3n) is 6.08. The lowest BCUT2D eigenvalue weighted by molar-refractivity contribution is -0.123. The number of hydrogen-bond acceptors (Lipinski definition) is 6. The summed E-state index contributed by atoms with van der Waals surface area (Å²) in [7, 11) is 0. The first-order chi connectivity index (χ1) is 15.8. The highest BCUT2D eigenvalue weighted by atomic mass is 32.2. The molecular formula is C24H21N3O4S2. The summed E-state index contributed by atoms with van der Waals surface area (Å²) >= 11 is 2.26. The Hall–Kier alpha value is -3.17. The number of thiazole rings is 1. The van der Waals surface area contributed by atoms with Crippen LogP contribution in [0.3, 0.4) is 0 Å². The van der Waals surface area contributed by atoms with Gasteiger partial charge in [-0.1, -0.05) is 73.3 Å². The smallest absolute Gasteiger partial charge is 0.308 e. The van der Waals surface area contributed by atoms with Crippen LogP contribution in [0.5, 0.6) is 0 Å². The Labute approximate surface area is 198 Å². The molecule has 2 atom stereocenters. The van der Waals surface area contributed by atoms with E-state index in [1.165, 1.54) is 21.2 Å². The van der Waals surface area contributed by atoms with Gasteiger partial charge in [0.1, 0.15) is 11.8 Å². The van der Waals surface area contributed by atoms with Gasteiger partial charge in [-0.3, -0.25) is 23.7 Å². The van der Waals surface area contributed by atoms with E-state index < -0.39 is 16.6 Å². The number of para-hydroxylation sites is 2. The second kappa shape index (κ2) is 8.00. The minimum Gasteiger partial charge on any atom is -0.325 e. The topological polar surface area (TPSA) is 88.5 Å². The molecule has 0 aliphatic carbocycles. The fourth-order valence-corrected chi connectivity index (χ4v) is 7.50. The second-order valence-corrected chi connectivity index (χ2v) is 10.7. The molecule has 2 aliphatic rings. The number of hydrogen-bond donors (Lipinski definition) is 1. The van der Waals surface area contributed by atoms with Gasteiger partial charge in [0.15, 0.2) is 0 Å². The largest absolute Gasteiger partial charge is 0.325 e. The minimum absolute atomic E-state index is 0.162. The summed E-state index contributed by atoms with van der Waals surface area (Å²) in [5.41, 5.74) is 0.455. The number of carbonyl (C=O) groups excluding carboxylic acids is 3. The molecule has 5 rings (SSSR count). The summed E-state index contributed by atoms with van der Waals surface area (Å²) in [6.45, 7) is 3.63. The van der Waals surface area contributed by atoms with E-state index in [-0.39, 0.29) is 29.1 Å². The van der Waals surface area contributed by atoms with Gasteiger partial charge in [-0.2, -0.15) is 0 Å². The summed E-state index contributed by atoms with van der Waals surface area (Å²) in [6.07, 6.45) is 0. The molecule has 1 aromatic heterocycles. The standard InChI is InChI=1S/C24H21N3O4S2/c1-24(2)17-18(21(30)27(20(17)29)15-11-7-4-8-12-15)32-22-19(24)33-23(31)26(22)13-16(28)25-14-9-5-3-6-10-14/h3-12,17-18H,13H2,1-2H3,(H,25,28). The van der Waals surface area contributed by atoms with Crippen LogP contribution in [0.25, 0.3) is 0 Å². The first-order valence-electron chi connectivity index (χ1n) is 10.5. The molecule has 0 saturated carbocycles. The number of amides is 3. The van der Waals surface area contributed by atoms with E-state index in [1.807, 2.05) is 38.1 Å². The Balaban J connectivity index is 1.48. The Kier molecular flexibility index (Phi) is 5.25. The molecule has 2 unspecified atom stereocenters. The third-order valence-corrected chi connectivity index (χ3v) is 8.90. The lowest BCUT2D eigenvalue weighted by Crippen LogP contribution is -2.41. The van der Waals surface area contributed by atoms with Gasteiger partial charge in [-0.25, -0.2) is 4.90 Å². The monoisotopic (exact) mass is 479 g/mol. The molecule has 0 bridgehead atoms. The molecular weight excluding hydrogens is 458 g/mol. The van der Waals surface area contributed by atoms with Gasteiger partial charge >= 0.3 is 4.87 Å². The van der Waals surface area contributed by atoms with Gasteiger partial charge in [0.25, 0.3) is 0 Å². The van der Waals surface area contributed by atoms with Crippen molar-refractivity contribution in [1.82, 2.24) is 4.57 Å². The Morgan fingerprint density at radius 2 is 1.61 bits per heavy atom. The molecule has 7 nitrogen and oxygen atoms in total. The molecule has 3 aromatic rings. The van der Waals surface area contributed by atoms with Gasteiger partial charge < -0.3 is 5.32 Å². The second-order valence-electron chi connectivity index (χ2n) is 8.59. The summed E-state index contributed by atoms with van der Waals surface area (Å²) in [4.78, 5) is 54.0. The van der Waals surface area contributed by atoms with Crippen molar-refractivity contribution in [2.75, 3.05) is 10.2 Å². The molecule has 0 radical (unpaired) electrons. The van der Waals surface area contributed by atoms with Gasteiger partial charge in [0, 0.05) is 16.0 Å². The first-order valence-corrected chi connectivity index (χ1v) is 12.2. The normalized spacial score (nSPS) is 21.0. The first kappa shape index (κ1) is 21.7. The van der Waals surface area contributed by atoms with Crippen molar-refractivity contribution in [2.45, 2.75) is 36.1 Å². The maximum atomic E-state index is 13.4. The highest BCUT2D eigenvalue weighted by molar-refractivity contribution is 8.00. The maximum Gasteiger partial charge on any atom is 0.308 e. The molecule has 168 valence electrons. The molecule has 2 aliphatic heterocycles. The van der Waals surface area contributed by atoms with E-state index in [9.17, 15) is 19.2 Å². The highest BCUT2D eigenvalue weighted by Crippen LogP contribution is 2.54. The van der Waals surface area contributed by atoms with Crippen LogP contribution in [-0.2, 0) is 26.3 Å². The number of thioether (sulfide) groups is 1. The van der Waals surface area contributed by atoms with Crippen molar-refractivity contribution in [3.05, 3.63) is 75.2 Å². The number of nitrogens with zero attached hydrogens (tertiary/aromatic N) is 2. The van der Waals surface area contributed by atoms with E-state index in [0.29, 0.717) is 16.4 Å². The maximum absolute atomic E-state index is 13.4. The number of imide groups is 1. The summed E-state index contributed by atoms with van der Waals surface area (Å²) in [5.74, 6) is -1.47. The predicted octanol–water partition coefficient (Wildman–Crippen LogP) is 3.49. The average molecular weight is 480 g/mol. The molecule has 1 fully saturated rings. The summed E-state index contributed by atoms with van der Waals surface area (Å²) in [6, 6.07) is 17.9. The molecule has 33 heavy (non-hydrogen) atoms. The zero-order chi connectivity index (χ0) is 23.3. The molecule has 3 amide bonds. The van der Waals surface area contributed by atoms with Crippen molar-refractivity contribution >= 4 is 52.2 Å². The Morgan fingerprint density at radius 3 is 2.27 bits per heavy atom. The van der Waals surface area contributed by atoms with E-state index in [2.05, 4.69) is 5.32 Å². The number of benzene rings is 2. The van der Waals surface area contributed by atoms with Crippen molar-refractivity contribution < 1.29 is 14.4 Å². The van der Waals surface area contributed by atoms with Gasteiger partial charge in [-0.05, 0) is 24.3 Å². The fourth-order valence-electron chi connectivity index (χ4n) is 4.46. The van der Waals surface area contributed by atoms with Crippen LogP contribution in [0.2, 0.25) is 0 Å². The number of rotatable bonds is 4. The van der Waals surface area contributed by atoms with Crippen molar-refractivity contribution in [3.63, 3.8) is 0 Å². The van der Waals surface area contributed by atoms with Crippen LogP contribution in [0.1, 0.15) is 18.7 Å². The average Bonchev–Trinajstić information content (AvgIpc) is 3.24. The fraction of sp³-hybridized carbons (Fsp3) is 0.250. The van der Waals surface area contributed by atoms with Crippen LogP contribution in [-0.4, -0.2) is 27.5 Å². The minimum atomic E-state index is -0.730. The van der Waals surface area contributed by atoms with E-state index in [1.54, 1.807) is 36.4 Å². The van der Waals surface area contributed by atoms with E-state index in [0.717, 1.165) is 16.2 Å². The van der Waals surface area contributed by atoms with Crippen molar-refractivity contribution in [3.8, 4) is 0 Å². The number of aromatic nitrogens is 1. The molecule has 0 spiro atoms. The summed E-state index contributed by atoms with van der Waals surface area (Å²) in [5, 5.41) is 2.73. The molecule has 1 N–H and O–H groups in total. The van der Waals surface area contributed by atoms with E-state index >= 15 is 0 Å². The third kappa shape index (κ3) is 3.52. The highest BCUT2D eigenvalue weighted by Gasteiger charge is 2.59. The zero-order valence-corrected chi connectivity index (χ0v) is 19.6. The quantitative estimate of drug-likeness (QED) is 0.579. The number of fused-ring (bicyclic) bond motifs is 2. The van der Waals surface area contributed by atoms with Gasteiger partial charge in [0.05, 0.1) is 16.6 Å². The van der Waals surface area contributed by atoms with Gasteiger partial charge in [0.2, 0.25) is 17.7 Å². The molecule has 3 heterocycles. The lowest BCUT2D eigenvalue weighted by atomic mass is 9.76. The number of anilines is 2. The lowest BCUT2D eigenvalue weighted by Gasteiger charge is -2.36. The van der Waals surface area contributed by atoms with Crippen LogP contribution >= 0.6 is 23.1 Å². The number of carbonyl (C=O) groups is 3. The van der Waals surface area contributed by atoms with Crippen LogP contribution in [0.15, 0.2) is 70.5 Å². The van der Waals surface area contributed by atoms with Crippen LogP contribution in [0, 0.1) is 5.92 Å². The van der Waals surface area contributed by atoms with Gasteiger partial charge in [-0.15, -0.1) is 0 Å². The zero-order valence-electron chi connectivity index (χ0n) is 18.0. The Morgan fingerprint density at radius 1 is 0.970 bits per heavy atom. The molecule has 1 saturated heterocycles. The van der Waals surface area contributed by atoms with Crippen LogP contribution < -0.4 is 15.1 Å². The van der Waals surface area contributed by atoms with E-state index in [4.69, 9.17) is 0 Å².